The molecular formula is C19H18. The number of benzene rings is 2. The average Bonchev–Trinajstić information content (AvgIpc) is 2.53. The summed E-state index contributed by atoms with van der Waals surface area (Å²) < 4.78 is 0. The second kappa shape index (κ2) is 5.33. The Morgan fingerprint density at radius 2 is 1.32 bits per heavy atom. The van der Waals surface area contributed by atoms with Crippen molar-refractivity contribution in [2.45, 2.75) is 26.2 Å². The average molecular weight is 246 g/mol. The van der Waals surface area contributed by atoms with Gasteiger partial charge in [0.2, 0.25) is 0 Å². The van der Waals surface area contributed by atoms with E-state index in [2.05, 4.69) is 67.3 Å². The molecule has 0 saturated heterocycles. The number of fused-ring (bicyclic) bond motifs is 2. The maximum atomic E-state index is 3.36. The Morgan fingerprint density at radius 3 is 1.79 bits per heavy atom. The van der Waals surface area contributed by atoms with E-state index in [0.717, 1.165) is 12.8 Å². The molecular weight excluding hydrogens is 228 g/mol. The molecule has 3 rings (SSSR count). The second-order valence-corrected chi connectivity index (χ2v) is 5.25. The van der Waals surface area contributed by atoms with Crippen molar-refractivity contribution in [3.63, 3.8) is 0 Å². The zero-order chi connectivity index (χ0) is 13.1. The first-order chi connectivity index (χ1) is 9.36. The van der Waals surface area contributed by atoms with Gasteiger partial charge in [0, 0.05) is 11.1 Å². The molecule has 0 nitrogen and oxygen atoms in total. The molecule has 0 N–H and O–H groups in total. The fraction of sp³-hybridized carbons (Fsp3) is 0.263. The third-order valence-electron chi connectivity index (χ3n) is 3.96. The van der Waals surface area contributed by atoms with Gasteiger partial charge in [0.15, 0.2) is 0 Å². The molecule has 0 fully saturated rings. The zero-order valence-corrected chi connectivity index (χ0v) is 11.3. The molecule has 2 aromatic carbocycles. The van der Waals surface area contributed by atoms with Crippen LogP contribution in [0.25, 0.3) is 0 Å². The molecule has 0 bridgehead atoms. The van der Waals surface area contributed by atoms with E-state index in [1.807, 2.05) is 0 Å². The Hall–Kier alpha value is -2.00. The Kier molecular flexibility index (Phi) is 3.38. The van der Waals surface area contributed by atoms with Crippen molar-refractivity contribution in [1.29, 1.82) is 0 Å². The van der Waals surface area contributed by atoms with Gasteiger partial charge in [-0.3, -0.25) is 0 Å². The highest BCUT2D eigenvalue weighted by molar-refractivity contribution is 5.50. The molecule has 0 spiro atoms. The van der Waals surface area contributed by atoms with Crippen LogP contribution in [0.1, 0.15) is 35.6 Å². The Bertz CT molecular complexity index is 587. The van der Waals surface area contributed by atoms with Crippen molar-refractivity contribution in [2.24, 2.45) is 5.92 Å². The van der Waals surface area contributed by atoms with Gasteiger partial charge in [-0.25, -0.2) is 0 Å². The van der Waals surface area contributed by atoms with Crippen molar-refractivity contribution in [2.75, 3.05) is 0 Å². The SMILES string of the molecule is CCC1Cc2ccccc2C#Cc2ccccc2C1. The molecule has 0 amide bonds. The van der Waals surface area contributed by atoms with Crippen LogP contribution in [0.4, 0.5) is 0 Å². The maximum absolute atomic E-state index is 3.36. The molecule has 1 aliphatic carbocycles. The van der Waals surface area contributed by atoms with Crippen LogP contribution in [0.3, 0.4) is 0 Å². The highest BCUT2D eigenvalue weighted by Crippen LogP contribution is 2.23. The van der Waals surface area contributed by atoms with Gasteiger partial charge in [-0.1, -0.05) is 61.6 Å². The number of hydrogen-bond donors (Lipinski definition) is 0. The van der Waals surface area contributed by atoms with E-state index in [4.69, 9.17) is 0 Å². The standard InChI is InChI=1S/C19H18/c1-2-15-13-18-9-5-3-7-16(18)11-12-17-8-4-6-10-19(17)14-15/h3-10,15H,2,13-14H2,1H3. The number of rotatable bonds is 1. The van der Waals surface area contributed by atoms with Gasteiger partial charge < -0.3 is 0 Å². The van der Waals surface area contributed by atoms with Crippen molar-refractivity contribution < 1.29 is 0 Å². The highest BCUT2D eigenvalue weighted by atomic mass is 14.2. The molecule has 0 aliphatic heterocycles. The largest absolute Gasteiger partial charge is 0.0651 e. The summed E-state index contributed by atoms with van der Waals surface area (Å²) in [5.74, 6) is 7.41. The van der Waals surface area contributed by atoms with Gasteiger partial charge >= 0.3 is 0 Å². The molecule has 0 unspecified atom stereocenters. The lowest BCUT2D eigenvalue weighted by Crippen LogP contribution is -2.08. The molecule has 0 atom stereocenters. The van der Waals surface area contributed by atoms with Gasteiger partial charge in [0.1, 0.15) is 0 Å². The first-order valence-corrected chi connectivity index (χ1v) is 7.04. The quantitative estimate of drug-likeness (QED) is 0.661. The summed E-state index contributed by atoms with van der Waals surface area (Å²) in [6.07, 6.45) is 3.48. The predicted molar refractivity (Wildman–Crippen MR) is 80.1 cm³/mol. The smallest absolute Gasteiger partial charge is 0.0281 e. The topological polar surface area (TPSA) is 0 Å². The van der Waals surface area contributed by atoms with Gasteiger partial charge in [-0.2, -0.15) is 0 Å². The summed E-state index contributed by atoms with van der Waals surface area (Å²) in [4.78, 5) is 0. The van der Waals surface area contributed by atoms with E-state index in [0.29, 0.717) is 5.92 Å². The summed E-state index contributed by atoms with van der Waals surface area (Å²) >= 11 is 0. The van der Waals surface area contributed by atoms with Crippen molar-refractivity contribution in [1.82, 2.24) is 0 Å². The molecule has 94 valence electrons. The van der Waals surface area contributed by atoms with Crippen molar-refractivity contribution in [3.8, 4) is 11.8 Å². The maximum Gasteiger partial charge on any atom is 0.0281 e. The Labute approximate surface area is 115 Å². The van der Waals surface area contributed by atoms with Crippen LogP contribution in [-0.4, -0.2) is 0 Å². The molecule has 0 heterocycles. The normalized spacial score (nSPS) is 14.2. The van der Waals surface area contributed by atoms with Gasteiger partial charge in [0.25, 0.3) is 0 Å². The minimum Gasteiger partial charge on any atom is -0.0651 e. The fourth-order valence-corrected chi connectivity index (χ4v) is 2.76. The minimum atomic E-state index is 0.698. The van der Waals surface area contributed by atoms with Crippen LogP contribution in [-0.2, 0) is 12.8 Å². The van der Waals surface area contributed by atoms with Gasteiger partial charge in [-0.05, 0) is 42.0 Å². The Balaban J connectivity index is 2.12. The summed E-state index contributed by atoms with van der Waals surface area (Å²) in [6, 6.07) is 17.1. The third-order valence-corrected chi connectivity index (χ3v) is 3.96. The molecule has 0 saturated carbocycles. The summed E-state index contributed by atoms with van der Waals surface area (Å²) in [7, 11) is 0. The van der Waals surface area contributed by atoms with E-state index in [1.165, 1.54) is 28.7 Å². The second-order valence-electron chi connectivity index (χ2n) is 5.25. The van der Waals surface area contributed by atoms with Crippen LogP contribution in [0.15, 0.2) is 48.5 Å². The van der Waals surface area contributed by atoms with E-state index >= 15 is 0 Å². The van der Waals surface area contributed by atoms with Gasteiger partial charge in [0.05, 0.1) is 0 Å². The van der Waals surface area contributed by atoms with Crippen molar-refractivity contribution in [3.05, 3.63) is 70.8 Å². The lowest BCUT2D eigenvalue weighted by atomic mass is 9.88. The van der Waals surface area contributed by atoms with E-state index in [9.17, 15) is 0 Å². The lowest BCUT2D eigenvalue weighted by molar-refractivity contribution is 0.503. The molecule has 0 aromatic heterocycles. The van der Waals surface area contributed by atoms with E-state index in [-0.39, 0.29) is 0 Å². The van der Waals surface area contributed by atoms with Crippen molar-refractivity contribution >= 4 is 0 Å². The van der Waals surface area contributed by atoms with Crippen LogP contribution in [0.5, 0.6) is 0 Å². The lowest BCUT2D eigenvalue weighted by Gasteiger charge is -2.16. The predicted octanol–water partition coefficient (Wildman–Crippen LogP) is 4.21. The minimum absolute atomic E-state index is 0.698. The highest BCUT2D eigenvalue weighted by Gasteiger charge is 2.13. The van der Waals surface area contributed by atoms with Crippen LogP contribution >= 0.6 is 0 Å². The van der Waals surface area contributed by atoms with E-state index in [1.54, 1.807) is 0 Å². The molecule has 19 heavy (non-hydrogen) atoms. The Morgan fingerprint density at radius 1 is 0.842 bits per heavy atom. The third kappa shape index (κ3) is 2.56. The first-order valence-electron chi connectivity index (χ1n) is 7.04. The number of hydrogen-bond acceptors (Lipinski definition) is 0. The van der Waals surface area contributed by atoms with E-state index < -0.39 is 0 Å². The van der Waals surface area contributed by atoms with Gasteiger partial charge in [-0.15, -0.1) is 0 Å². The molecule has 0 heteroatoms. The zero-order valence-electron chi connectivity index (χ0n) is 11.3. The molecule has 0 radical (unpaired) electrons. The monoisotopic (exact) mass is 246 g/mol. The first kappa shape index (κ1) is 12.1. The van der Waals surface area contributed by atoms with Crippen LogP contribution < -0.4 is 0 Å². The van der Waals surface area contributed by atoms with Crippen LogP contribution in [0.2, 0.25) is 0 Å². The summed E-state index contributed by atoms with van der Waals surface area (Å²) in [6.45, 7) is 2.29. The summed E-state index contributed by atoms with van der Waals surface area (Å²) in [5, 5.41) is 0. The fourth-order valence-electron chi connectivity index (χ4n) is 2.76. The molecule has 2 aromatic rings. The summed E-state index contributed by atoms with van der Waals surface area (Å²) in [5.41, 5.74) is 5.18. The molecule has 1 aliphatic rings. The van der Waals surface area contributed by atoms with Crippen LogP contribution in [0, 0.1) is 17.8 Å².